The summed E-state index contributed by atoms with van der Waals surface area (Å²) in [6.07, 6.45) is 0. The Bertz CT molecular complexity index is 774. The molecule has 0 fully saturated rings. The van der Waals surface area contributed by atoms with Gasteiger partial charge in [-0.1, -0.05) is 24.3 Å². The number of rotatable bonds is 4. The smallest absolute Gasteiger partial charge is 0.134 e. The minimum atomic E-state index is 0.426. The number of hydrogen-bond acceptors (Lipinski definition) is 3. The second-order valence-electron chi connectivity index (χ2n) is 4.58. The largest absolute Gasteiger partial charge is 0.497 e. The van der Waals surface area contributed by atoms with Crippen LogP contribution < -0.4 is 9.47 Å². The van der Waals surface area contributed by atoms with Crippen LogP contribution >= 0.6 is 15.9 Å². The lowest BCUT2D eigenvalue weighted by Gasteiger charge is -2.09. The van der Waals surface area contributed by atoms with Crippen molar-refractivity contribution in [2.24, 2.45) is 0 Å². The Labute approximate surface area is 131 Å². The predicted octanol–water partition coefficient (Wildman–Crippen LogP) is 4.58. The predicted molar refractivity (Wildman–Crippen MR) is 86.8 cm³/mol. The molecule has 106 valence electrons. The average Bonchev–Trinajstić information content (AvgIpc) is 2.53. The number of hydrogen-bond donors (Lipinski definition) is 0. The van der Waals surface area contributed by atoms with Gasteiger partial charge in [-0.3, -0.25) is 0 Å². The van der Waals surface area contributed by atoms with Gasteiger partial charge in [-0.25, -0.2) is 4.98 Å². The quantitative estimate of drug-likeness (QED) is 0.694. The fourth-order valence-electron chi connectivity index (χ4n) is 2.07. The van der Waals surface area contributed by atoms with E-state index in [0.717, 1.165) is 32.6 Å². The number of ether oxygens (including phenoxy) is 2. The molecule has 0 saturated heterocycles. The van der Waals surface area contributed by atoms with Gasteiger partial charge in [0.25, 0.3) is 0 Å². The zero-order chi connectivity index (χ0) is 14.7. The Balaban J connectivity index is 1.77. The molecule has 0 bridgehead atoms. The van der Waals surface area contributed by atoms with Crippen LogP contribution in [0, 0.1) is 0 Å². The van der Waals surface area contributed by atoms with Crippen molar-refractivity contribution in [1.82, 2.24) is 4.98 Å². The number of para-hydroxylation sites is 1. The summed E-state index contributed by atoms with van der Waals surface area (Å²) in [4.78, 5) is 4.59. The van der Waals surface area contributed by atoms with Gasteiger partial charge >= 0.3 is 0 Å². The van der Waals surface area contributed by atoms with Crippen LogP contribution in [0.15, 0.2) is 59.1 Å². The summed E-state index contributed by atoms with van der Waals surface area (Å²) in [5.41, 5.74) is 1.88. The highest BCUT2D eigenvalue weighted by atomic mass is 79.9. The third-order valence-corrected chi connectivity index (χ3v) is 3.79. The maximum atomic E-state index is 5.81. The lowest BCUT2D eigenvalue weighted by molar-refractivity contribution is 0.299. The number of pyridine rings is 1. The molecule has 4 heteroatoms. The first-order chi connectivity index (χ1) is 10.3. The molecule has 0 radical (unpaired) electrons. The van der Waals surface area contributed by atoms with E-state index in [1.165, 1.54) is 0 Å². The monoisotopic (exact) mass is 343 g/mol. The van der Waals surface area contributed by atoms with E-state index in [-0.39, 0.29) is 0 Å². The van der Waals surface area contributed by atoms with Crippen molar-refractivity contribution in [3.63, 3.8) is 0 Å². The van der Waals surface area contributed by atoms with E-state index in [1.807, 2.05) is 48.5 Å². The number of methoxy groups -OCH3 is 1. The van der Waals surface area contributed by atoms with Crippen LogP contribution in [-0.2, 0) is 6.61 Å². The minimum Gasteiger partial charge on any atom is -0.497 e. The summed E-state index contributed by atoms with van der Waals surface area (Å²) in [6, 6.07) is 17.7. The molecule has 3 aromatic rings. The normalized spacial score (nSPS) is 10.6. The van der Waals surface area contributed by atoms with E-state index in [0.29, 0.717) is 6.61 Å². The lowest BCUT2D eigenvalue weighted by atomic mass is 10.2. The SMILES string of the molecule is COc1ccc(OCc2ccc3ccccc3n2)c(Br)c1. The number of aromatic nitrogens is 1. The molecule has 0 saturated carbocycles. The first-order valence-electron chi connectivity index (χ1n) is 6.57. The van der Waals surface area contributed by atoms with Crippen molar-refractivity contribution in [2.45, 2.75) is 6.61 Å². The standard InChI is InChI=1S/C17H14BrNO2/c1-20-14-8-9-17(15(18)10-14)21-11-13-7-6-12-4-2-3-5-16(12)19-13/h2-10H,11H2,1H3. The molecular weight excluding hydrogens is 330 g/mol. The Hall–Kier alpha value is -2.07. The van der Waals surface area contributed by atoms with Crippen LogP contribution in [0.25, 0.3) is 10.9 Å². The fourth-order valence-corrected chi connectivity index (χ4v) is 2.54. The zero-order valence-electron chi connectivity index (χ0n) is 11.5. The van der Waals surface area contributed by atoms with Crippen LogP contribution in [0.5, 0.6) is 11.5 Å². The van der Waals surface area contributed by atoms with E-state index < -0.39 is 0 Å². The van der Waals surface area contributed by atoms with Gasteiger partial charge in [-0.15, -0.1) is 0 Å². The van der Waals surface area contributed by atoms with Gasteiger partial charge in [0, 0.05) is 5.39 Å². The topological polar surface area (TPSA) is 31.4 Å². The molecule has 21 heavy (non-hydrogen) atoms. The third kappa shape index (κ3) is 3.16. The van der Waals surface area contributed by atoms with Crippen molar-refractivity contribution < 1.29 is 9.47 Å². The Morgan fingerprint density at radius 2 is 1.90 bits per heavy atom. The van der Waals surface area contributed by atoms with Crippen molar-refractivity contribution in [2.75, 3.05) is 7.11 Å². The van der Waals surface area contributed by atoms with Gasteiger partial charge in [0.2, 0.25) is 0 Å². The van der Waals surface area contributed by atoms with Gasteiger partial charge in [0.1, 0.15) is 18.1 Å². The summed E-state index contributed by atoms with van der Waals surface area (Å²) in [5.74, 6) is 1.56. The Kier molecular flexibility index (Phi) is 4.06. The number of benzene rings is 2. The molecule has 2 aromatic carbocycles. The third-order valence-electron chi connectivity index (χ3n) is 3.17. The average molecular weight is 344 g/mol. The van der Waals surface area contributed by atoms with Gasteiger partial charge in [0.15, 0.2) is 0 Å². The van der Waals surface area contributed by atoms with Crippen molar-refractivity contribution in [3.8, 4) is 11.5 Å². The maximum absolute atomic E-state index is 5.81. The molecule has 1 aromatic heterocycles. The van der Waals surface area contributed by atoms with Crippen LogP contribution in [0.2, 0.25) is 0 Å². The second kappa shape index (κ2) is 6.14. The fraction of sp³-hybridized carbons (Fsp3) is 0.118. The molecule has 0 amide bonds. The minimum absolute atomic E-state index is 0.426. The van der Waals surface area contributed by atoms with Crippen LogP contribution in [-0.4, -0.2) is 12.1 Å². The molecule has 0 aliphatic heterocycles. The molecule has 0 spiro atoms. The summed E-state index contributed by atoms with van der Waals surface area (Å²) < 4.78 is 11.8. The summed E-state index contributed by atoms with van der Waals surface area (Å²) in [7, 11) is 1.64. The van der Waals surface area contributed by atoms with Crippen LogP contribution in [0.4, 0.5) is 0 Å². The molecule has 0 atom stereocenters. The highest BCUT2D eigenvalue weighted by molar-refractivity contribution is 9.10. The molecule has 0 aliphatic carbocycles. The molecular formula is C17H14BrNO2. The van der Waals surface area contributed by atoms with E-state index in [2.05, 4.69) is 27.0 Å². The van der Waals surface area contributed by atoms with Crippen LogP contribution in [0.1, 0.15) is 5.69 Å². The van der Waals surface area contributed by atoms with Crippen molar-refractivity contribution in [1.29, 1.82) is 0 Å². The first-order valence-corrected chi connectivity index (χ1v) is 7.36. The summed E-state index contributed by atoms with van der Waals surface area (Å²) in [6.45, 7) is 0.426. The number of fused-ring (bicyclic) bond motifs is 1. The van der Waals surface area contributed by atoms with E-state index in [4.69, 9.17) is 9.47 Å². The van der Waals surface area contributed by atoms with Gasteiger partial charge < -0.3 is 9.47 Å². The number of halogens is 1. The Morgan fingerprint density at radius 3 is 2.71 bits per heavy atom. The maximum Gasteiger partial charge on any atom is 0.134 e. The van der Waals surface area contributed by atoms with E-state index in [9.17, 15) is 0 Å². The lowest BCUT2D eigenvalue weighted by Crippen LogP contribution is -1.99. The molecule has 1 heterocycles. The number of nitrogens with zero attached hydrogens (tertiary/aromatic N) is 1. The van der Waals surface area contributed by atoms with Gasteiger partial charge in [-0.05, 0) is 46.3 Å². The highest BCUT2D eigenvalue weighted by Gasteiger charge is 2.04. The highest BCUT2D eigenvalue weighted by Crippen LogP contribution is 2.29. The molecule has 0 aliphatic rings. The van der Waals surface area contributed by atoms with Gasteiger partial charge in [-0.2, -0.15) is 0 Å². The van der Waals surface area contributed by atoms with E-state index >= 15 is 0 Å². The summed E-state index contributed by atoms with van der Waals surface area (Å²) >= 11 is 3.48. The van der Waals surface area contributed by atoms with Crippen molar-refractivity contribution >= 4 is 26.8 Å². The summed E-state index contributed by atoms with van der Waals surface area (Å²) in [5, 5.41) is 1.13. The van der Waals surface area contributed by atoms with Crippen molar-refractivity contribution in [3.05, 3.63) is 64.8 Å². The van der Waals surface area contributed by atoms with Gasteiger partial charge in [0.05, 0.1) is 22.8 Å². The zero-order valence-corrected chi connectivity index (χ0v) is 13.1. The molecule has 0 unspecified atom stereocenters. The molecule has 3 rings (SSSR count). The second-order valence-corrected chi connectivity index (χ2v) is 5.43. The van der Waals surface area contributed by atoms with E-state index in [1.54, 1.807) is 7.11 Å². The Morgan fingerprint density at radius 1 is 1.05 bits per heavy atom. The molecule has 3 nitrogen and oxygen atoms in total. The molecule has 0 N–H and O–H groups in total. The van der Waals surface area contributed by atoms with Crippen LogP contribution in [0.3, 0.4) is 0 Å². The first kappa shape index (κ1) is 13.9.